The lowest BCUT2D eigenvalue weighted by Gasteiger charge is -2.06. The zero-order valence-corrected chi connectivity index (χ0v) is 11.7. The van der Waals surface area contributed by atoms with Gasteiger partial charge in [0.2, 0.25) is 0 Å². The second-order valence-electron chi connectivity index (χ2n) is 3.81. The molecule has 3 N–H and O–H groups in total. The molecule has 0 bridgehead atoms. The van der Waals surface area contributed by atoms with E-state index < -0.39 is 15.9 Å². The van der Waals surface area contributed by atoms with E-state index >= 15 is 0 Å². The van der Waals surface area contributed by atoms with E-state index in [2.05, 4.69) is 4.72 Å². The summed E-state index contributed by atoms with van der Waals surface area (Å²) in [5.74, 6) is -0.671. The molecule has 1 heterocycles. The molecule has 1 aromatic heterocycles. The highest BCUT2D eigenvalue weighted by Gasteiger charge is 2.17. The minimum Gasteiger partial charge on any atom is -0.365 e. The van der Waals surface area contributed by atoms with Crippen molar-refractivity contribution in [2.24, 2.45) is 5.73 Å². The second-order valence-corrected chi connectivity index (χ2v) is 6.40. The predicted molar refractivity (Wildman–Crippen MR) is 74.8 cm³/mol. The maximum absolute atomic E-state index is 12.1. The zero-order chi connectivity index (χ0) is 14.8. The van der Waals surface area contributed by atoms with Crippen molar-refractivity contribution in [2.45, 2.75) is 4.90 Å². The number of thiophene rings is 1. The molecule has 0 fully saturated rings. The number of nitrogens with one attached hydrogen (secondary N) is 1. The third-order valence-corrected chi connectivity index (χ3v) is 4.85. The summed E-state index contributed by atoms with van der Waals surface area (Å²) in [6.45, 7) is 0. The molecule has 0 radical (unpaired) electrons. The molecule has 1 amide bonds. The summed E-state index contributed by atoms with van der Waals surface area (Å²) in [5.41, 5.74) is 5.84. The Balaban J connectivity index is 2.25. The van der Waals surface area contributed by atoms with Gasteiger partial charge >= 0.3 is 0 Å². The number of benzene rings is 1. The number of carbonyl (C=O) groups excluding carboxylic acids is 1. The van der Waals surface area contributed by atoms with Crippen LogP contribution in [0.1, 0.15) is 15.2 Å². The van der Waals surface area contributed by atoms with Crippen LogP contribution in [0.25, 0.3) is 0 Å². The molecule has 6 nitrogen and oxygen atoms in total. The number of carbonyl (C=O) groups is 1. The summed E-state index contributed by atoms with van der Waals surface area (Å²) in [6, 6.07) is 9.13. The van der Waals surface area contributed by atoms with Crippen LogP contribution in [0.5, 0.6) is 0 Å². The molecule has 0 saturated carbocycles. The van der Waals surface area contributed by atoms with Crippen LogP contribution in [0, 0.1) is 11.3 Å². The van der Waals surface area contributed by atoms with Gasteiger partial charge in [-0.15, -0.1) is 11.3 Å². The molecule has 0 aliphatic heterocycles. The summed E-state index contributed by atoms with van der Waals surface area (Å²) < 4.78 is 26.5. The molecule has 0 aliphatic rings. The van der Waals surface area contributed by atoms with Crippen molar-refractivity contribution in [3.8, 4) is 6.07 Å². The summed E-state index contributed by atoms with van der Waals surface area (Å²) in [4.78, 5) is 11.1. The largest absolute Gasteiger partial charge is 0.365 e. The van der Waals surface area contributed by atoms with Gasteiger partial charge in [-0.1, -0.05) is 0 Å². The molecule has 20 heavy (non-hydrogen) atoms. The van der Waals surface area contributed by atoms with Crippen LogP contribution in [0.15, 0.2) is 40.6 Å². The minimum atomic E-state index is -3.78. The number of sulfonamides is 1. The van der Waals surface area contributed by atoms with Gasteiger partial charge < -0.3 is 5.73 Å². The summed E-state index contributed by atoms with van der Waals surface area (Å²) >= 11 is 0.964. The number of hydrogen-bond donors (Lipinski definition) is 2. The molecular weight excluding hydrogens is 298 g/mol. The molecule has 8 heteroatoms. The maximum Gasteiger partial charge on any atom is 0.262 e. The number of nitrogens with two attached hydrogens (primary N) is 1. The fourth-order valence-electron chi connectivity index (χ4n) is 1.42. The van der Waals surface area contributed by atoms with Crippen LogP contribution < -0.4 is 10.5 Å². The lowest BCUT2D eigenvalue weighted by atomic mass is 10.2. The molecule has 0 atom stereocenters. The van der Waals surface area contributed by atoms with Gasteiger partial charge in [-0.3, -0.25) is 9.52 Å². The SMILES string of the molecule is N#Cc1ccc(NS(=O)(=O)c2csc(C(N)=O)c2)cc1. The third-order valence-electron chi connectivity index (χ3n) is 2.39. The Labute approximate surface area is 119 Å². The quantitative estimate of drug-likeness (QED) is 0.891. The van der Waals surface area contributed by atoms with Gasteiger partial charge in [-0.05, 0) is 30.3 Å². The van der Waals surface area contributed by atoms with Crippen molar-refractivity contribution in [3.63, 3.8) is 0 Å². The van der Waals surface area contributed by atoms with Crippen molar-refractivity contribution in [3.05, 3.63) is 46.2 Å². The number of rotatable bonds is 4. The average molecular weight is 307 g/mol. The van der Waals surface area contributed by atoms with Crippen LogP contribution in [0.4, 0.5) is 5.69 Å². The molecule has 0 spiro atoms. The van der Waals surface area contributed by atoms with E-state index in [1.54, 1.807) is 0 Å². The van der Waals surface area contributed by atoms with E-state index in [9.17, 15) is 13.2 Å². The first-order valence-corrected chi connectivity index (χ1v) is 7.70. The maximum atomic E-state index is 12.1. The summed E-state index contributed by atoms with van der Waals surface area (Å²) in [6.07, 6.45) is 0. The molecule has 102 valence electrons. The zero-order valence-electron chi connectivity index (χ0n) is 10.0. The first-order chi connectivity index (χ1) is 9.42. The number of nitriles is 1. The van der Waals surface area contributed by atoms with Crippen LogP contribution in [-0.2, 0) is 10.0 Å². The molecular formula is C12H9N3O3S2. The number of anilines is 1. The van der Waals surface area contributed by atoms with Crippen molar-refractivity contribution >= 4 is 33.0 Å². The highest BCUT2D eigenvalue weighted by molar-refractivity contribution is 7.92. The highest BCUT2D eigenvalue weighted by Crippen LogP contribution is 2.21. The number of hydrogen-bond acceptors (Lipinski definition) is 5. The smallest absolute Gasteiger partial charge is 0.262 e. The standard InChI is InChI=1S/C12H9N3O3S2/c13-6-8-1-3-9(4-2-8)15-20(17,18)10-5-11(12(14)16)19-7-10/h1-5,7,15H,(H2,14,16). The van der Waals surface area contributed by atoms with Crippen LogP contribution >= 0.6 is 11.3 Å². The van der Waals surface area contributed by atoms with E-state index in [4.69, 9.17) is 11.0 Å². The Hall–Kier alpha value is -2.37. The number of nitrogens with zero attached hydrogens (tertiary/aromatic N) is 1. The Morgan fingerprint density at radius 2 is 1.95 bits per heavy atom. The average Bonchev–Trinajstić information content (AvgIpc) is 2.90. The van der Waals surface area contributed by atoms with E-state index in [0.29, 0.717) is 11.3 Å². The lowest BCUT2D eigenvalue weighted by Crippen LogP contribution is -2.13. The van der Waals surface area contributed by atoms with E-state index in [-0.39, 0.29) is 9.77 Å². The Morgan fingerprint density at radius 1 is 1.30 bits per heavy atom. The number of amides is 1. The lowest BCUT2D eigenvalue weighted by molar-refractivity contribution is 0.100. The highest BCUT2D eigenvalue weighted by atomic mass is 32.2. The normalized spacial score (nSPS) is 10.8. The van der Waals surface area contributed by atoms with E-state index in [1.165, 1.54) is 35.7 Å². The van der Waals surface area contributed by atoms with E-state index in [1.807, 2.05) is 6.07 Å². The summed E-state index contributed by atoms with van der Waals surface area (Å²) in [7, 11) is -3.78. The Kier molecular flexibility index (Phi) is 3.74. The van der Waals surface area contributed by atoms with Crippen LogP contribution in [0.3, 0.4) is 0 Å². The first kappa shape index (κ1) is 14.0. The van der Waals surface area contributed by atoms with Crippen molar-refractivity contribution in [1.29, 1.82) is 5.26 Å². The van der Waals surface area contributed by atoms with Gasteiger partial charge in [0, 0.05) is 11.1 Å². The van der Waals surface area contributed by atoms with Gasteiger partial charge in [-0.25, -0.2) is 8.42 Å². The van der Waals surface area contributed by atoms with Gasteiger partial charge in [0.25, 0.3) is 15.9 Å². The Bertz CT molecular complexity index is 786. The fraction of sp³-hybridized carbons (Fsp3) is 0. The van der Waals surface area contributed by atoms with Crippen molar-refractivity contribution < 1.29 is 13.2 Å². The van der Waals surface area contributed by atoms with Crippen molar-refractivity contribution in [1.82, 2.24) is 0 Å². The van der Waals surface area contributed by atoms with Gasteiger partial charge in [0.15, 0.2) is 0 Å². The second kappa shape index (κ2) is 5.32. The monoisotopic (exact) mass is 307 g/mol. The third kappa shape index (κ3) is 2.96. The van der Waals surface area contributed by atoms with E-state index in [0.717, 1.165) is 11.3 Å². The van der Waals surface area contributed by atoms with Crippen LogP contribution in [-0.4, -0.2) is 14.3 Å². The predicted octanol–water partition coefficient (Wildman–Crippen LogP) is 1.52. The van der Waals surface area contributed by atoms with Crippen LogP contribution in [0.2, 0.25) is 0 Å². The first-order valence-electron chi connectivity index (χ1n) is 5.34. The fourth-order valence-corrected chi connectivity index (χ4v) is 3.60. The topological polar surface area (TPSA) is 113 Å². The van der Waals surface area contributed by atoms with Gasteiger partial charge in [-0.2, -0.15) is 5.26 Å². The molecule has 0 unspecified atom stereocenters. The molecule has 0 saturated heterocycles. The van der Waals surface area contributed by atoms with Gasteiger partial charge in [0.05, 0.1) is 21.4 Å². The molecule has 2 rings (SSSR count). The molecule has 1 aromatic carbocycles. The molecule has 0 aliphatic carbocycles. The number of primary amides is 1. The van der Waals surface area contributed by atoms with Crippen molar-refractivity contribution in [2.75, 3.05) is 4.72 Å². The summed E-state index contributed by atoms with van der Waals surface area (Å²) in [5, 5.41) is 10.0. The minimum absolute atomic E-state index is 0.0272. The Morgan fingerprint density at radius 3 is 2.45 bits per heavy atom. The van der Waals surface area contributed by atoms with Gasteiger partial charge in [0.1, 0.15) is 0 Å². The molecule has 2 aromatic rings.